The molecule has 1 heterocycles. The molecule has 4 bridgehead atoms. The molecule has 4 aliphatic rings. The Morgan fingerprint density at radius 3 is 2.42 bits per heavy atom. The van der Waals surface area contributed by atoms with Crippen molar-refractivity contribution in [3.05, 3.63) is 34.6 Å². The van der Waals surface area contributed by atoms with Crippen molar-refractivity contribution in [2.24, 2.45) is 17.8 Å². The number of carbonyl (C=O) groups excluding carboxylic acids is 2. The van der Waals surface area contributed by atoms with E-state index in [4.69, 9.17) is 0 Å². The molecule has 7 nitrogen and oxygen atoms in total. The third kappa shape index (κ3) is 4.42. The lowest BCUT2D eigenvalue weighted by molar-refractivity contribution is -0.117. The molecular weight excluding hydrogens is 436 g/mol. The fourth-order valence-electron chi connectivity index (χ4n) is 6.63. The summed E-state index contributed by atoms with van der Waals surface area (Å²) >= 11 is 1.20. The maximum atomic E-state index is 13.1. The number of rotatable bonds is 6. The predicted molar refractivity (Wildman–Crippen MR) is 129 cm³/mol. The summed E-state index contributed by atoms with van der Waals surface area (Å²) in [7, 11) is 0. The smallest absolute Gasteiger partial charge is 0.321 e. The summed E-state index contributed by atoms with van der Waals surface area (Å²) in [6.07, 6.45) is 7.79. The number of carbonyl (C=O) groups is 2. The highest BCUT2D eigenvalue weighted by Gasteiger charge is 2.51. The monoisotopic (exact) mass is 468 g/mol. The van der Waals surface area contributed by atoms with Crippen molar-refractivity contribution < 1.29 is 9.59 Å². The molecule has 0 saturated heterocycles. The van der Waals surface area contributed by atoms with Crippen LogP contribution >= 0.6 is 11.8 Å². The van der Waals surface area contributed by atoms with Crippen molar-refractivity contribution >= 4 is 34.6 Å². The summed E-state index contributed by atoms with van der Waals surface area (Å²) < 4.78 is 1.66. The van der Waals surface area contributed by atoms with Crippen LogP contribution in [0.4, 0.5) is 4.79 Å². The number of hydrogen-bond acceptors (Lipinski definition) is 5. The summed E-state index contributed by atoms with van der Waals surface area (Å²) in [5.41, 5.74) is 0.380. The van der Waals surface area contributed by atoms with E-state index in [1.165, 1.54) is 31.0 Å². The van der Waals surface area contributed by atoms with Crippen LogP contribution < -0.4 is 16.2 Å². The van der Waals surface area contributed by atoms with Crippen LogP contribution in [-0.2, 0) is 4.79 Å². The van der Waals surface area contributed by atoms with E-state index in [0.29, 0.717) is 16.1 Å². The Hall–Kier alpha value is -2.35. The van der Waals surface area contributed by atoms with E-state index in [9.17, 15) is 14.4 Å². The number of thioether (sulfide) groups is 1. The topological polar surface area (TPSA) is 93.1 Å². The second-order valence-electron chi connectivity index (χ2n) is 10.3. The van der Waals surface area contributed by atoms with Crippen molar-refractivity contribution in [3.63, 3.8) is 0 Å². The van der Waals surface area contributed by atoms with E-state index in [-0.39, 0.29) is 28.8 Å². The number of nitrogens with one attached hydrogen (secondary N) is 2. The average molecular weight is 469 g/mol. The summed E-state index contributed by atoms with van der Waals surface area (Å²) in [4.78, 5) is 43.0. The Balaban J connectivity index is 1.25. The van der Waals surface area contributed by atoms with Gasteiger partial charge >= 0.3 is 6.03 Å². The molecule has 1 aromatic heterocycles. The molecule has 33 heavy (non-hydrogen) atoms. The lowest BCUT2D eigenvalue weighted by Gasteiger charge is -2.56. The average Bonchev–Trinajstić information content (AvgIpc) is 2.76. The highest BCUT2D eigenvalue weighted by atomic mass is 32.2. The molecule has 2 N–H and O–H groups in total. The molecule has 0 radical (unpaired) electrons. The van der Waals surface area contributed by atoms with Crippen molar-refractivity contribution in [2.75, 3.05) is 5.75 Å². The van der Waals surface area contributed by atoms with Gasteiger partial charge in [-0.2, -0.15) is 0 Å². The van der Waals surface area contributed by atoms with Crippen LogP contribution in [0.2, 0.25) is 0 Å². The first-order valence-electron chi connectivity index (χ1n) is 12.1. The number of para-hydroxylation sites is 1. The Bertz CT molecular complexity index is 1110. The van der Waals surface area contributed by atoms with Crippen molar-refractivity contribution in [3.8, 4) is 0 Å². The number of fused-ring (bicyclic) bond motifs is 1. The third-order valence-electron chi connectivity index (χ3n) is 7.81. The normalized spacial score (nSPS) is 28.6. The number of amides is 3. The fourth-order valence-corrected chi connectivity index (χ4v) is 7.52. The van der Waals surface area contributed by atoms with Crippen LogP contribution in [-0.4, -0.2) is 32.8 Å². The van der Waals surface area contributed by atoms with Crippen LogP contribution in [0.15, 0.2) is 34.2 Å². The number of benzene rings is 1. The van der Waals surface area contributed by atoms with Gasteiger partial charge in [0.15, 0.2) is 5.16 Å². The van der Waals surface area contributed by atoms with Crippen LogP contribution in [0, 0.1) is 17.8 Å². The van der Waals surface area contributed by atoms with Crippen molar-refractivity contribution in [1.29, 1.82) is 0 Å². The van der Waals surface area contributed by atoms with E-state index in [2.05, 4.69) is 15.6 Å². The molecule has 3 amide bonds. The van der Waals surface area contributed by atoms with Gasteiger partial charge in [0.25, 0.3) is 5.56 Å². The van der Waals surface area contributed by atoms with E-state index in [1.807, 2.05) is 26.0 Å². The quantitative estimate of drug-likeness (QED) is 0.488. The van der Waals surface area contributed by atoms with Gasteiger partial charge in [0, 0.05) is 11.6 Å². The summed E-state index contributed by atoms with van der Waals surface area (Å²) in [6.45, 7) is 3.99. The molecule has 6 rings (SSSR count). The van der Waals surface area contributed by atoms with Gasteiger partial charge in [0.1, 0.15) is 0 Å². The summed E-state index contributed by atoms with van der Waals surface area (Å²) in [5, 5.41) is 6.76. The van der Waals surface area contributed by atoms with Crippen LogP contribution in [0.5, 0.6) is 0 Å². The second kappa shape index (κ2) is 8.78. The lowest BCUT2D eigenvalue weighted by Crippen LogP contribution is -2.61. The Labute approximate surface area is 198 Å². The van der Waals surface area contributed by atoms with Gasteiger partial charge in [-0.3, -0.25) is 19.5 Å². The molecular formula is C25H32N4O3S. The minimum absolute atomic E-state index is 0.0233. The van der Waals surface area contributed by atoms with Gasteiger partial charge in [-0.1, -0.05) is 30.8 Å². The SMILES string of the molecule is CCC(C)n1c(SCC(=O)NC(=O)NC23CC4CC(CC(C4)C2)C3)nc2ccccc2c1=O. The molecule has 4 aliphatic carbocycles. The Kier molecular flexibility index (Phi) is 5.97. The first kappa shape index (κ1) is 22.4. The van der Waals surface area contributed by atoms with Crippen LogP contribution in [0.3, 0.4) is 0 Å². The predicted octanol–water partition coefficient (Wildman–Crippen LogP) is 4.25. The molecule has 8 heteroatoms. The van der Waals surface area contributed by atoms with Crippen molar-refractivity contribution in [1.82, 2.24) is 20.2 Å². The van der Waals surface area contributed by atoms with Crippen LogP contribution in [0.25, 0.3) is 10.9 Å². The van der Waals surface area contributed by atoms with Crippen LogP contribution in [0.1, 0.15) is 64.8 Å². The molecule has 0 aliphatic heterocycles. The minimum atomic E-state index is -0.395. The number of urea groups is 1. The largest absolute Gasteiger partial charge is 0.332 e. The first-order valence-corrected chi connectivity index (χ1v) is 13.1. The van der Waals surface area contributed by atoms with E-state index in [1.54, 1.807) is 16.7 Å². The zero-order valence-electron chi connectivity index (χ0n) is 19.3. The highest BCUT2D eigenvalue weighted by molar-refractivity contribution is 7.99. The fraction of sp³-hybridized carbons (Fsp3) is 0.600. The molecule has 2 aromatic rings. The molecule has 4 saturated carbocycles. The zero-order valence-corrected chi connectivity index (χ0v) is 20.1. The molecule has 0 spiro atoms. The number of imide groups is 1. The first-order chi connectivity index (χ1) is 15.9. The number of aromatic nitrogens is 2. The maximum absolute atomic E-state index is 13.1. The van der Waals surface area contributed by atoms with Gasteiger partial charge in [-0.15, -0.1) is 0 Å². The second-order valence-corrected chi connectivity index (χ2v) is 11.3. The molecule has 1 atom stereocenters. The standard InChI is InChI=1S/C25H32N4O3S/c1-3-15(2)29-22(31)19-6-4-5-7-20(19)26-24(29)33-14-21(30)27-23(32)28-25-11-16-8-17(12-25)10-18(9-16)13-25/h4-7,15-18H,3,8-14H2,1-2H3,(H2,27,28,30,32). The minimum Gasteiger partial charge on any atom is -0.332 e. The van der Waals surface area contributed by atoms with Gasteiger partial charge in [-0.25, -0.2) is 9.78 Å². The summed E-state index contributed by atoms with van der Waals surface area (Å²) in [6, 6.07) is 6.82. The number of hydrogen-bond donors (Lipinski definition) is 2. The van der Waals surface area contributed by atoms with Gasteiger partial charge in [0.05, 0.1) is 16.7 Å². The highest BCUT2D eigenvalue weighted by Crippen LogP contribution is 2.55. The van der Waals surface area contributed by atoms with Gasteiger partial charge < -0.3 is 5.32 Å². The van der Waals surface area contributed by atoms with E-state index >= 15 is 0 Å². The van der Waals surface area contributed by atoms with Gasteiger partial charge in [0.2, 0.25) is 5.91 Å². The molecule has 1 unspecified atom stereocenters. The number of nitrogens with zero attached hydrogens (tertiary/aromatic N) is 2. The lowest BCUT2D eigenvalue weighted by atomic mass is 9.53. The van der Waals surface area contributed by atoms with Crippen molar-refractivity contribution in [2.45, 2.75) is 75.5 Å². The maximum Gasteiger partial charge on any atom is 0.321 e. The third-order valence-corrected chi connectivity index (χ3v) is 8.76. The van der Waals surface area contributed by atoms with E-state index < -0.39 is 6.03 Å². The Morgan fingerprint density at radius 1 is 1.15 bits per heavy atom. The Morgan fingerprint density at radius 2 is 1.79 bits per heavy atom. The van der Waals surface area contributed by atoms with E-state index in [0.717, 1.165) is 43.4 Å². The zero-order chi connectivity index (χ0) is 23.2. The molecule has 4 fully saturated rings. The molecule has 1 aromatic carbocycles. The molecule has 176 valence electrons. The summed E-state index contributed by atoms with van der Waals surface area (Å²) in [5.74, 6) is 1.81. The van der Waals surface area contributed by atoms with Gasteiger partial charge in [-0.05, 0) is 81.8 Å².